The molecule has 6 nitrogen and oxygen atoms in total. The van der Waals surface area contributed by atoms with E-state index >= 15 is 0 Å². The normalized spacial score (nSPS) is 24.2. The molecule has 0 aliphatic carbocycles. The van der Waals surface area contributed by atoms with Gasteiger partial charge in [0.05, 0.1) is 0 Å². The van der Waals surface area contributed by atoms with Crippen LogP contribution in [0.1, 0.15) is 13.8 Å². The van der Waals surface area contributed by atoms with E-state index in [1.165, 1.54) is 0 Å². The summed E-state index contributed by atoms with van der Waals surface area (Å²) in [6.45, 7) is 3.19. The molecule has 0 aromatic heterocycles. The summed E-state index contributed by atoms with van der Waals surface area (Å²) in [6, 6.07) is 0. The Morgan fingerprint density at radius 1 is 1.00 bits per heavy atom. The first-order valence-corrected chi connectivity index (χ1v) is 3.54. The Morgan fingerprint density at radius 2 is 1.62 bits per heavy atom. The van der Waals surface area contributed by atoms with Crippen LogP contribution in [0, 0.1) is 0 Å². The maximum atomic E-state index is 10.7. The molecule has 0 unspecified atom stereocenters. The molecule has 0 aromatic rings. The topological polar surface area (TPSA) is 71.1 Å². The minimum atomic E-state index is -0.951. The van der Waals surface area contributed by atoms with E-state index in [-0.39, 0.29) is 11.7 Å². The average molecular weight is 186 g/mol. The van der Waals surface area contributed by atoms with E-state index < -0.39 is 17.9 Å². The summed E-state index contributed by atoms with van der Waals surface area (Å²) in [5.41, 5.74) is -0.951. The van der Waals surface area contributed by atoms with E-state index in [4.69, 9.17) is 4.74 Å². The van der Waals surface area contributed by atoms with Crippen LogP contribution in [0.15, 0.2) is 11.7 Å². The summed E-state index contributed by atoms with van der Waals surface area (Å²) in [7, 11) is 0. The molecular formula is C7H6O6. The minimum Gasteiger partial charge on any atom is -0.419 e. The van der Waals surface area contributed by atoms with E-state index in [1.54, 1.807) is 13.8 Å². The molecule has 2 fully saturated rings. The molecule has 0 atom stereocenters. The fourth-order valence-corrected chi connectivity index (χ4v) is 1.02. The van der Waals surface area contributed by atoms with Gasteiger partial charge >= 0.3 is 18.3 Å². The largest absolute Gasteiger partial charge is 0.524 e. The quantitative estimate of drug-likeness (QED) is 0.530. The second kappa shape index (κ2) is 2.15. The maximum Gasteiger partial charge on any atom is 0.524 e. The fraction of sp³-hybridized carbons (Fsp3) is 0.429. The molecule has 0 saturated carbocycles. The van der Waals surface area contributed by atoms with E-state index in [1.807, 2.05) is 0 Å². The standard InChI is InChI=1S/C7H6O6/c1-7(2)3(10-6(9)13-7)4-11-5(8)12-4/h1-2H3. The molecule has 6 heteroatoms. The van der Waals surface area contributed by atoms with Crippen molar-refractivity contribution in [1.82, 2.24) is 0 Å². The zero-order valence-corrected chi connectivity index (χ0v) is 6.95. The van der Waals surface area contributed by atoms with Crippen molar-refractivity contribution in [3.8, 4) is 0 Å². The first-order valence-electron chi connectivity index (χ1n) is 3.54. The summed E-state index contributed by atoms with van der Waals surface area (Å²) >= 11 is 0. The molecule has 2 aliphatic heterocycles. The SMILES string of the molecule is CC1(C)OC(=O)OC1=C1OC(=O)O1. The highest BCUT2D eigenvalue weighted by molar-refractivity contribution is 5.71. The smallest absolute Gasteiger partial charge is 0.419 e. The zero-order chi connectivity index (χ0) is 9.64. The van der Waals surface area contributed by atoms with Gasteiger partial charge in [0.15, 0.2) is 5.60 Å². The Balaban J connectivity index is 2.29. The Labute approximate surface area is 73.0 Å². The summed E-state index contributed by atoms with van der Waals surface area (Å²) in [5, 5.41) is 0. The lowest BCUT2D eigenvalue weighted by Gasteiger charge is -2.20. The lowest BCUT2D eigenvalue weighted by atomic mass is 10.1. The molecule has 70 valence electrons. The van der Waals surface area contributed by atoms with Gasteiger partial charge in [-0.15, -0.1) is 0 Å². The van der Waals surface area contributed by atoms with Crippen LogP contribution in [0.3, 0.4) is 0 Å². The Kier molecular flexibility index (Phi) is 1.31. The van der Waals surface area contributed by atoms with E-state index in [0.717, 1.165) is 0 Å². The molecule has 2 heterocycles. The van der Waals surface area contributed by atoms with Gasteiger partial charge in [-0.05, 0) is 13.8 Å². The second-order valence-electron chi connectivity index (χ2n) is 3.04. The summed E-state index contributed by atoms with van der Waals surface area (Å²) < 4.78 is 18.3. The van der Waals surface area contributed by atoms with Crippen molar-refractivity contribution in [2.24, 2.45) is 0 Å². The van der Waals surface area contributed by atoms with Gasteiger partial charge in [-0.1, -0.05) is 0 Å². The molecular weight excluding hydrogens is 180 g/mol. The minimum absolute atomic E-state index is 0.0806. The van der Waals surface area contributed by atoms with Gasteiger partial charge in [0.1, 0.15) is 0 Å². The Hall–Kier alpha value is -1.72. The lowest BCUT2D eigenvalue weighted by Crippen LogP contribution is -2.29. The number of carbonyl (C=O) groups is 2. The molecule has 0 aromatic carbocycles. The van der Waals surface area contributed by atoms with Crippen molar-refractivity contribution in [2.45, 2.75) is 19.4 Å². The molecule has 0 N–H and O–H groups in total. The number of cyclic esters (lactones) is 4. The third-order valence-electron chi connectivity index (χ3n) is 1.61. The maximum absolute atomic E-state index is 10.7. The molecule has 0 amide bonds. The van der Waals surface area contributed by atoms with Gasteiger partial charge in [0, 0.05) is 0 Å². The van der Waals surface area contributed by atoms with Crippen LogP contribution in [0.4, 0.5) is 9.59 Å². The number of hydrogen-bond donors (Lipinski definition) is 0. The third kappa shape index (κ3) is 1.10. The third-order valence-corrected chi connectivity index (χ3v) is 1.61. The molecule has 2 saturated heterocycles. The molecule has 0 spiro atoms. The predicted molar refractivity (Wildman–Crippen MR) is 36.2 cm³/mol. The van der Waals surface area contributed by atoms with E-state index in [0.29, 0.717) is 0 Å². The van der Waals surface area contributed by atoms with Gasteiger partial charge in [-0.25, -0.2) is 9.59 Å². The van der Waals surface area contributed by atoms with Crippen molar-refractivity contribution < 1.29 is 28.5 Å². The monoisotopic (exact) mass is 186 g/mol. The van der Waals surface area contributed by atoms with Crippen LogP contribution in [-0.2, 0) is 18.9 Å². The van der Waals surface area contributed by atoms with Crippen LogP contribution >= 0.6 is 0 Å². The average Bonchev–Trinajstić information content (AvgIpc) is 2.17. The highest BCUT2D eigenvalue weighted by Crippen LogP contribution is 2.35. The van der Waals surface area contributed by atoms with Gasteiger partial charge in [0.25, 0.3) is 0 Å². The highest BCUT2D eigenvalue weighted by Gasteiger charge is 2.47. The highest BCUT2D eigenvalue weighted by atomic mass is 16.9. The van der Waals surface area contributed by atoms with Crippen molar-refractivity contribution >= 4 is 12.3 Å². The number of ether oxygens (including phenoxy) is 4. The van der Waals surface area contributed by atoms with Crippen LogP contribution in [0.2, 0.25) is 0 Å². The molecule has 13 heavy (non-hydrogen) atoms. The summed E-state index contributed by atoms with van der Waals surface area (Å²) in [6.07, 6.45) is -1.65. The van der Waals surface area contributed by atoms with Crippen LogP contribution < -0.4 is 0 Å². The number of rotatable bonds is 0. The van der Waals surface area contributed by atoms with Crippen molar-refractivity contribution in [3.63, 3.8) is 0 Å². The lowest BCUT2D eigenvalue weighted by molar-refractivity contribution is -0.0397. The van der Waals surface area contributed by atoms with E-state index in [2.05, 4.69) is 14.2 Å². The Bertz CT molecular complexity index is 316. The van der Waals surface area contributed by atoms with Crippen molar-refractivity contribution in [3.05, 3.63) is 11.7 Å². The first kappa shape index (κ1) is 7.90. The fourth-order valence-electron chi connectivity index (χ4n) is 1.02. The molecule has 0 radical (unpaired) electrons. The molecule has 2 rings (SSSR count). The first-order chi connectivity index (χ1) is 5.99. The molecule has 2 aliphatic rings. The van der Waals surface area contributed by atoms with Crippen LogP contribution in [0.25, 0.3) is 0 Å². The van der Waals surface area contributed by atoms with Gasteiger partial charge in [-0.3, -0.25) is 0 Å². The van der Waals surface area contributed by atoms with Gasteiger partial charge in [-0.2, -0.15) is 0 Å². The predicted octanol–water partition coefficient (Wildman–Crippen LogP) is 1.27. The summed E-state index contributed by atoms with van der Waals surface area (Å²) in [4.78, 5) is 21.0. The molecule has 0 bridgehead atoms. The Morgan fingerprint density at radius 3 is 2.00 bits per heavy atom. The van der Waals surface area contributed by atoms with Gasteiger partial charge in [0.2, 0.25) is 5.76 Å². The van der Waals surface area contributed by atoms with Crippen LogP contribution in [0.5, 0.6) is 0 Å². The van der Waals surface area contributed by atoms with Crippen molar-refractivity contribution in [2.75, 3.05) is 0 Å². The van der Waals surface area contributed by atoms with E-state index in [9.17, 15) is 9.59 Å². The van der Waals surface area contributed by atoms with Crippen molar-refractivity contribution in [1.29, 1.82) is 0 Å². The summed E-state index contributed by atoms with van der Waals surface area (Å²) in [5.74, 6) is -0.0297. The van der Waals surface area contributed by atoms with Crippen LogP contribution in [-0.4, -0.2) is 17.9 Å². The second-order valence-corrected chi connectivity index (χ2v) is 3.04. The van der Waals surface area contributed by atoms with Gasteiger partial charge < -0.3 is 18.9 Å². The number of carbonyl (C=O) groups excluding carboxylic acids is 2. The number of hydrogen-bond acceptors (Lipinski definition) is 6. The zero-order valence-electron chi connectivity index (χ0n) is 6.95.